The van der Waals surface area contributed by atoms with E-state index in [1.165, 1.54) is 19.3 Å². The third kappa shape index (κ3) is 2.76. The minimum atomic E-state index is 0.501. The molecule has 0 spiro atoms. The molecule has 0 aromatic rings. The van der Waals surface area contributed by atoms with Crippen molar-refractivity contribution >= 4 is 0 Å². The molecule has 3 atom stereocenters. The molecule has 0 unspecified atom stereocenters. The van der Waals surface area contributed by atoms with Gasteiger partial charge in [0.05, 0.1) is 6.61 Å². The molecule has 1 aliphatic rings. The van der Waals surface area contributed by atoms with Gasteiger partial charge in [0, 0.05) is 19.2 Å². The van der Waals surface area contributed by atoms with Crippen LogP contribution in [0.2, 0.25) is 0 Å². The highest BCUT2D eigenvalue weighted by molar-refractivity contribution is 4.82. The predicted octanol–water partition coefficient (Wildman–Crippen LogP) is 1.80. The minimum Gasteiger partial charge on any atom is -0.383 e. The molecule has 1 fully saturated rings. The number of nitrogens with one attached hydrogen (secondary N) is 1. The Kier molecular flexibility index (Phi) is 4.02. The van der Waals surface area contributed by atoms with Crippen molar-refractivity contribution in [2.24, 2.45) is 5.92 Å². The Hall–Kier alpha value is -0.0800. The van der Waals surface area contributed by atoms with Gasteiger partial charge in [-0.1, -0.05) is 13.3 Å². The van der Waals surface area contributed by atoms with Crippen LogP contribution >= 0.6 is 0 Å². The van der Waals surface area contributed by atoms with E-state index in [0.717, 1.165) is 18.6 Å². The number of methoxy groups -OCH3 is 1. The van der Waals surface area contributed by atoms with Crippen LogP contribution in [0.3, 0.4) is 0 Å². The molecule has 1 N–H and O–H groups in total. The molecule has 1 saturated carbocycles. The van der Waals surface area contributed by atoms with Gasteiger partial charge in [0.1, 0.15) is 0 Å². The molecule has 72 valence electrons. The summed E-state index contributed by atoms with van der Waals surface area (Å²) in [6.07, 6.45) is 4.12. The topological polar surface area (TPSA) is 21.3 Å². The minimum absolute atomic E-state index is 0.501. The van der Waals surface area contributed by atoms with E-state index in [4.69, 9.17) is 4.74 Å². The molecule has 0 saturated heterocycles. The van der Waals surface area contributed by atoms with Gasteiger partial charge in [0.25, 0.3) is 0 Å². The van der Waals surface area contributed by atoms with Crippen LogP contribution in [0.15, 0.2) is 0 Å². The number of hydrogen-bond acceptors (Lipinski definition) is 2. The molecule has 0 heterocycles. The summed E-state index contributed by atoms with van der Waals surface area (Å²) in [4.78, 5) is 0. The molecule has 1 aliphatic carbocycles. The second-order valence-corrected chi connectivity index (χ2v) is 4.04. The Labute approximate surface area is 75.7 Å². The molecular weight excluding hydrogens is 150 g/mol. The first-order valence-electron chi connectivity index (χ1n) is 4.99. The van der Waals surface area contributed by atoms with Crippen molar-refractivity contribution in [1.82, 2.24) is 5.32 Å². The lowest BCUT2D eigenvalue weighted by atomic mass is 10.1. The Morgan fingerprint density at radius 3 is 2.75 bits per heavy atom. The Balaban J connectivity index is 2.20. The quantitative estimate of drug-likeness (QED) is 0.696. The SMILES string of the molecule is COC[C@H](C)N[C@@H]1CCC[C@H]1C. The Morgan fingerprint density at radius 1 is 1.50 bits per heavy atom. The van der Waals surface area contributed by atoms with Gasteiger partial charge in [-0.2, -0.15) is 0 Å². The van der Waals surface area contributed by atoms with Gasteiger partial charge in [-0.15, -0.1) is 0 Å². The van der Waals surface area contributed by atoms with Gasteiger partial charge >= 0.3 is 0 Å². The van der Waals surface area contributed by atoms with Gasteiger partial charge in [-0.3, -0.25) is 0 Å². The van der Waals surface area contributed by atoms with Gasteiger partial charge in [0.15, 0.2) is 0 Å². The standard InChI is InChI=1S/C10H21NO/c1-8-5-4-6-10(8)11-9(2)7-12-3/h8-11H,4-7H2,1-3H3/t8-,9+,10-/m1/s1. The molecule has 12 heavy (non-hydrogen) atoms. The molecular formula is C10H21NO. The molecule has 0 aliphatic heterocycles. The fraction of sp³-hybridized carbons (Fsp3) is 1.00. The number of ether oxygens (including phenoxy) is 1. The highest BCUT2D eigenvalue weighted by Gasteiger charge is 2.23. The summed E-state index contributed by atoms with van der Waals surface area (Å²) < 4.78 is 5.09. The van der Waals surface area contributed by atoms with E-state index in [1.807, 2.05) is 0 Å². The maximum atomic E-state index is 5.09. The monoisotopic (exact) mass is 171 g/mol. The summed E-state index contributed by atoms with van der Waals surface area (Å²) in [5.41, 5.74) is 0. The molecule has 2 heteroatoms. The summed E-state index contributed by atoms with van der Waals surface area (Å²) in [6, 6.07) is 1.23. The van der Waals surface area contributed by atoms with Crippen LogP contribution in [-0.2, 0) is 4.74 Å². The summed E-state index contributed by atoms with van der Waals surface area (Å²) >= 11 is 0. The fourth-order valence-corrected chi connectivity index (χ4v) is 2.06. The summed E-state index contributed by atoms with van der Waals surface area (Å²) in [5.74, 6) is 0.851. The lowest BCUT2D eigenvalue weighted by Crippen LogP contribution is -2.40. The van der Waals surface area contributed by atoms with Crippen LogP contribution in [0.4, 0.5) is 0 Å². The van der Waals surface area contributed by atoms with Crippen LogP contribution in [0.5, 0.6) is 0 Å². The highest BCUT2D eigenvalue weighted by Crippen LogP contribution is 2.24. The third-order valence-corrected chi connectivity index (χ3v) is 2.78. The zero-order chi connectivity index (χ0) is 8.97. The van der Waals surface area contributed by atoms with E-state index in [2.05, 4.69) is 19.2 Å². The molecule has 1 rings (SSSR count). The second kappa shape index (κ2) is 4.83. The smallest absolute Gasteiger partial charge is 0.0613 e. The van der Waals surface area contributed by atoms with Gasteiger partial charge in [0.2, 0.25) is 0 Å². The maximum Gasteiger partial charge on any atom is 0.0613 e. The van der Waals surface area contributed by atoms with E-state index in [-0.39, 0.29) is 0 Å². The van der Waals surface area contributed by atoms with E-state index >= 15 is 0 Å². The van der Waals surface area contributed by atoms with Gasteiger partial charge in [-0.25, -0.2) is 0 Å². The molecule has 0 radical (unpaired) electrons. The zero-order valence-electron chi connectivity index (χ0n) is 8.47. The van der Waals surface area contributed by atoms with E-state index < -0.39 is 0 Å². The molecule has 0 amide bonds. The molecule has 0 bridgehead atoms. The predicted molar refractivity (Wildman–Crippen MR) is 51.3 cm³/mol. The summed E-state index contributed by atoms with van der Waals surface area (Å²) in [7, 11) is 1.76. The van der Waals surface area contributed by atoms with Crippen molar-refractivity contribution < 1.29 is 4.74 Å². The fourth-order valence-electron chi connectivity index (χ4n) is 2.06. The Bertz CT molecular complexity index is 127. The van der Waals surface area contributed by atoms with Crippen molar-refractivity contribution in [2.45, 2.75) is 45.2 Å². The highest BCUT2D eigenvalue weighted by atomic mass is 16.5. The van der Waals surface area contributed by atoms with Crippen LogP contribution in [0.1, 0.15) is 33.1 Å². The lowest BCUT2D eigenvalue weighted by molar-refractivity contribution is 0.163. The molecule has 0 aromatic heterocycles. The number of hydrogen-bond donors (Lipinski definition) is 1. The van der Waals surface area contributed by atoms with Crippen molar-refractivity contribution in [3.8, 4) is 0 Å². The van der Waals surface area contributed by atoms with Gasteiger partial charge < -0.3 is 10.1 Å². The van der Waals surface area contributed by atoms with Gasteiger partial charge in [-0.05, 0) is 25.7 Å². The average Bonchev–Trinajstić information content (AvgIpc) is 2.37. The maximum absolute atomic E-state index is 5.09. The summed E-state index contributed by atoms with van der Waals surface area (Å²) in [6.45, 7) is 5.35. The molecule has 0 aromatic carbocycles. The van der Waals surface area contributed by atoms with Crippen molar-refractivity contribution in [3.63, 3.8) is 0 Å². The largest absolute Gasteiger partial charge is 0.383 e. The first kappa shape index (κ1) is 10.0. The Morgan fingerprint density at radius 2 is 2.25 bits per heavy atom. The van der Waals surface area contributed by atoms with E-state index in [1.54, 1.807) is 7.11 Å². The van der Waals surface area contributed by atoms with Crippen molar-refractivity contribution in [1.29, 1.82) is 0 Å². The van der Waals surface area contributed by atoms with Crippen molar-refractivity contribution in [3.05, 3.63) is 0 Å². The average molecular weight is 171 g/mol. The molecule has 2 nitrogen and oxygen atoms in total. The van der Waals surface area contributed by atoms with Crippen LogP contribution in [0.25, 0.3) is 0 Å². The van der Waals surface area contributed by atoms with Crippen molar-refractivity contribution in [2.75, 3.05) is 13.7 Å². The van der Waals surface area contributed by atoms with Crippen LogP contribution in [0, 0.1) is 5.92 Å². The normalized spacial score (nSPS) is 32.2. The van der Waals surface area contributed by atoms with Crippen LogP contribution in [-0.4, -0.2) is 25.8 Å². The zero-order valence-corrected chi connectivity index (χ0v) is 8.47. The number of rotatable bonds is 4. The third-order valence-electron chi connectivity index (χ3n) is 2.78. The second-order valence-electron chi connectivity index (χ2n) is 4.04. The van der Waals surface area contributed by atoms with E-state index in [9.17, 15) is 0 Å². The van der Waals surface area contributed by atoms with Crippen LogP contribution < -0.4 is 5.32 Å². The first-order valence-corrected chi connectivity index (χ1v) is 4.99. The summed E-state index contributed by atoms with van der Waals surface area (Å²) in [5, 5.41) is 3.60. The lowest BCUT2D eigenvalue weighted by Gasteiger charge is -2.22. The first-order chi connectivity index (χ1) is 5.74. The van der Waals surface area contributed by atoms with E-state index in [0.29, 0.717) is 6.04 Å².